The number of likely N-dealkylation sites (N-methyl/N-ethyl adjacent to an activating group) is 1. The van der Waals surface area contributed by atoms with Crippen molar-refractivity contribution in [2.45, 2.75) is 13.5 Å². The van der Waals surface area contributed by atoms with Gasteiger partial charge in [-0.2, -0.15) is 0 Å². The van der Waals surface area contributed by atoms with E-state index >= 15 is 0 Å². The monoisotopic (exact) mass is 623 g/mol. The van der Waals surface area contributed by atoms with Crippen LogP contribution in [-0.2, 0) is 16.1 Å². The van der Waals surface area contributed by atoms with Crippen LogP contribution < -0.4 is 25.6 Å². The first-order chi connectivity index (χ1) is 20.7. The van der Waals surface area contributed by atoms with Crippen LogP contribution in [0.1, 0.15) is 21.6 Å². The number of carbonyl (C=O) groups is 3. The lowest BCUT2D eigenvalue weighted by Gasteiger charge is -2.21. The van der Waals surface area contributed by atoms with Crippen molar-refractivity contribution in [2.75, 3.05) is 44.1 Å². The van der Waals surface area contributed by atoms with E-state index in [9.17, 15) is 14.4 Å². The fraction of sp³-hybridized carbons (Fsp3) is 0.226. The summed E-state index contributed by atoms with van der Waals surface area (Å²) in [6, 6.07) is 18.6. The maximum absolute atomic E-state index is 13.0. The number of anilines is 2. The first kappa shape index (κ1) is 31.6. The van der Waals surface area contributed by atoms with E-state index in [0.717, 1.165) is 16.6 Å². The van der Waals surface area contributed by atoms with E-state index in [2.05, 4.69) is 20.9 Å². The zero-order chi connectivity index (χ0) is 30.9. The molecular weight excluding hydrogens is 593 g/mol. The minimum atomic E-state index is -0.617. The highest BCUT2D eigenvalue weighted by atomic mass is 35.5. The number of benzene rings is 3. The third-order valence-corrected chi connectivity index (χ3v) is 7.25. The van der Waals surface area contributed by atoms with Gasteiger partial charge in [-0.1, -0.05) is 47.5 Å². The zero-order valence-electron chi connectivity index (χ0n) is 23.9. The molecule has 0 fully saturated rings. The molecule has 0 atom stereocenters. The first-order valence-corrected chi connectivity index (χ1v) is 14.1. The molecule has 0 unspecified atom stereocenters. The third-order valence-electron chi connectivity index (χ3n) is 6.47. The van der Waals surface area contributed by atoms with Crippen molar-refractivity contribution in [3.8, 4) is 5.75 Å². The molecular formula is C31H31Cl2N5O5. The number of fused-ring (bicyclic) bond motifs is 1. The highest BCUT2D eigenvalue weighted by Crippen LogP contribution is 2.35. The van der Waals surface area contributed by atoms with Crippen molar-refractivity contribution < 1.29 is 23.9 Å². The van der Waals surface area contributed by atoms with Gasteiger partial charge in [0.2, 0.25) is 5.91 Å². The molecule has 0 saturated heterocycles. The van der Waals surface area contributed by atoms with Gasteiger partial charge in [-0.15, -0.1) is 0 Å². The Kier molecular flexibility index (Phi) is 10.8. The summed E-state index contributed by atoms with van der Waals surface area (Å²) in [5.74, 6) is -0.145. The average molecular weight is 625 g/mol. The van der Waals surface area contributed by atoms with Gasteiger partial charge in [-0.25, -0.2) is 9.78 Å². The van der Waals surface area contributed by atoms with Gasteiger partial charge in [0.15, 0.2) is 0 Å². The highest BCUT2D eigenvalue weighted by Gasteiger charge is 2.20. The number of para-hydroxylation sites is 1. The van der Waals surface area contributed by atoms with E-state index in [1.807, 2.05) is 37.3 Å². The Morgan fingerprint density at radius 3 is 2.56 bits per heavy atom. The number of hydrogen-bond donors (Lipinski definition) is 3. The van der Waals surface area contributed by atoms with Crippen molar-refractivity contribution in [1.82, 2.24) is 15.6 Å². The summed E-state index contributed by atoms with van der Waals surface area (Å²) in [5.41, 5.74) is 3.24. The lowest BCUT2D eigenvalue weighted by atomic mass is 10.1. The molecule has 0 aliphatic rings. The van der Waals surface area contributed by atoms with Crippen LogP contribution in [0.4, 0.5) is 16.2 Å². The summed E-state index contributed by atoms with van der Waals surface area (Å²) in [5, 5.41) is 9.43. The predicted molar refractivity (Wildman–Crippen MR) is 168 cm³/mol. The Bertz CT molecular complexity index is 1650. The highest BCUT2D eigenvalue weighted by molar-refractivity contribution is 6.38. The molecule has 224 valence electrons. The topological polar surface area (TPSA) is 122 Å². The minimum Gasteiger partial charge on any atom is -0.487 e. The molecule has 0 bridgehead atoms. The standard InChI is InChI=1S/C31H31Cl2N5O5/c1-19-10-11-20-6-5-9-26(29(20)36-19)43-18-23-24(32)12-13-25(28(23)33)38(2)27(39)17-35-31(41)37-22-8-4-7-21(16-22)30(40)34-14-15-42-3/h4-13,16H,14-15,17-18H2,1-3H3,(H,34,40)(H2,35,37,41). The fourth-order valence-corrected chi connectivity index (χ4v) is 4.76. The largest absolute Gasteiger partial charge is 0.487 e. The van der Waals surface area contributed by atoms with E-state index < -0.39 is 11.9 Å². The molecule has 3 N–H and O–H groups in total. The van der Waals surface area contributed by atoms with E-state index in [-0.39, 0.29) is 24.1 Å². The number of halogens is 2. The average Bonchev–Trinajstić information content (AvgIpc) is 2.99. The van der Waals surface area contributed by atoms with Gasteiger partial charge >= 0.3 is 6.03 Å². The Balaban J connectivity index is 1.37. The number of carbonyl (C=O) groups excluding carboxylic acids is 3. The molecule has 1 heterocycles. The molecule has 0 spiro atoms. The number of nitrogens with one attached hydrogen (secondary N) is 3. The van der Waals surface area contributed by atoms with Crippen molar-refractivity contribution in [1.29, 1.82) is 0 Å². The molecule has 0 aliphatic heterocycles. The van der Waals surface area contributed by atoms with Crippen LogP contribution in [-0.4, -0.2) is 56.7 Å². The molecule has 10 nitrogen and oxygen atoms in total. The Morgan fingerprint density at radius 1 is 0.977 bits per heavy atom. The van der Waals surface area contributed by atoms with Gasteiger partial charge in [0.05, 0.1) is 23.9 Å². The van der Waals surface area contributed by atoms with Crippen LogP contribution in [0.15, 0.2) is 66.7 Å². The maximum Gasteiger partial charge on any atom is 0.319 e. The van der Waals surface area contributed by atoms with Crippen molar-refractivity contribution in [3.63, 3.8) is 0 Å². The summed E-state index contributed by atoms with van der Waals surface area (Å²) < 4.78 is 11.0. The SMILES string of the molecule is COCCNC(=O)c1cccc(NC(=O)NCC(=O)N(C)c2ccc(Cl)c(COc3cccc4ccc(C)nc34)c2Cl)c1. The van der Waals surface area contributed by atoms with Crippen LogP contribution in [0.3, 0.4) is 0 Å². The molecule has 4 rings (SSSR count). The van der Waals surface area contributed by atoms with Gasteiger partial charge in [-0.3, -0.25) is 9.59 Å². The molecule has 12 heteroatoms. The van der Waals surface area contributed by atoms with Gasteiger partial charge in [0.25, 0.3) is 5.91 Å². The fourth-order valence-electron chi connectivity index (χ4n) is 4.15. The molecule has 3 aromatic carbocycles. The van der Waals surface area contributed by atoms with Crippen molar-refractivity contribution in [3.05, 3.63) is 93.6 Å². The first-order valence-electron chi connectivity index (χ1n) is 13.3. The molecule has 0 saturated carbocycles. The smallest absolute Gasteiger partial charge is 0.319 e. The van der Waals surface area contributed by atoms with Gasteiger partial charge in [0, 0.05) is 53.6 Å². The van der Waals surface area contributed by atoms with Gasteiger partial charge < -0.3 is 30.3 Å². The van der Waals surface area contributed by atoms with Gasteiger partial charge in [-0.05, 0) is 49.4 Å². The summed E-state index contributed by atoms with van der Waals surface area (Å²) in [4.78, 5) is 43.6. The predicted octanol–water partition coefficient (Wildman–Crippen LogP) is 5.59. The quantitative estimate of drug-likeness (QED) is 0.187. The maximum atomic E-state index is 13.0. The molecule has 4 amide bonds. The molecule has 4 aromatic rings. The molecule has 0 radical (unpaired) electrons. The lowest BCUT2D eigenvalue weighted by Crippen LogP contribution is -2.40. The van der Waals surface area contributed by atoms with E-state index in [1.54, 1.807) is 44.5 Å². The van der Waals surface area contributed by atoms with Crippen LogP contribution in [0, 0.1) is 6.92 Å². The van der Waals surface area contributed by atoms with Gasteiger partial charge in [0.1, 0.15) is 17.9 Å². The number of urea groups is 1. The summed E-state index contributed by atoms with van der Waals surface area (Å²) in [6.45, 7) is 2.38. The number of aryl methyl sites for hydroxylation is 1. The minimum absolute atomic E-state index is 0.0480. The summed E-state index contributed by atoms with van der Waals surface area (Å²) in [7, 11) is 3.09. The number of pyridine rings is 1. The second-order valence-corrected chi connectivity index (χ2v) is 10.3. The van der Waals surface area contributed by atoms with Crippen LogP contribution in [0.2, 0.25) is 10.0 Å². The molecule has 1 aromatic heterocycles. The molecule has 43 heavy (non-hydrogen) atoms. The van der Waals surface area contributed by atoms with E-state index in [4.69, 9.17) is 32.7 Å². The van der Waals surface area contributed by atoms with E-state index in [1.165, 1.54) is 11.0 Å². The summed E-state index contributed by atoms with van der Waals surface area (Å²) >= 11 is 13.2. The number of methoxy groups -OCH3 is 1. The van der Waals surface area contributed by atoms with Crippen LogP contribution in [0.5, 0.6) is 5.75 Å². The second-order valence-electron chi connectivity index (χ2n) is 9.52. The second kappa shape index (κ2) is 14.7. The Hall–Kier alpha value is -4.38. The lowest BCUT2D eigenvalue weighted by molar-refractivity contribution is -0.117. The number of hydrogen-bond acceptors (Lipinski definition) is 6. The summed E-state index contributed by atoms with van der Waals surface area (Å²) in [6.07, 6.45) is 0. The van der Waals surface area contributed by atoms with Crippen LogP contribution in [0.25, 0.3) is 10.9 Å². The number of aromatic nitrogens is 1. The van der Waals surface area contributed by atoms with E-state index in [0.29, 0.717) is 46.4 Å². The zero-order valence-corrected chi connectivity index (χ0v) is 25.4. The number of nitrogens with zero attached hydrogens (tertiary/aromatic N) is 2. The number of ether oxygens (including phenoxy) is 2. The van der Waals surface area contributed by atoms with Crippen molar-refractivity contribution >= 4 is 63.3 Å². The van der Waals surface area contributed by atoms with Crippen molar-refractivity contribution in [2.24, 2.45) is 0 Å². The molecule has 0 aliphatic carbocycles. The number of rotatable bonds is 11. The Morgan fingerprint density at radius 2 is 1.77 bits per heavy atom. The Labute approximate surface area is 259 Å². The third kappa shape index (κ3) is 8.13. The normalized spacial score (nSPS) is 10.7. The van der Waals surface area contributed by atoms with Crippen LogP contribution >= 0.6 is 23.2 Å². The number of amides is 4.